The molecular weight excluding hydrogens is 637 g/mol. The highest BCUT2D eigenvalue weighted by atomic mass is 28.4. The SMILES string of the molecule is COc1cccc(C(O)CCCCCO[Si](C)(C)C(C)(C)C)c1Cc1c(C(=O)OC(C)(C)C)c(OC)cc2c1C(=O)c1ccccc1C2=O. The Kier molecular flexibility index (Phi) is 11.6. The molecular formula is C40H52O8Si. The number of carbonyl (C=O) groups is 3. The van der Waals surface area contributed by atoms with Crippen LogP contribution in [-0.2, 0) is 15.6 Å². The van der Waals surface area contributed by atoms with Crippen molar-refractivity contribution in [1.29, 1.82) is 0 Å². The number of rotatable bonds is 13. The fourth-order valence-corrected chi connectivity index (χ4v) is 7.06. The van der Waals surface area contributed by atoms with Crippen LogP contribution in [0.15, 0.2) is 48.5 Å². The molecule has 49 heavy (non-hydrogen) atoms. The normalized spacial score (nSPS) is 13.9. The van der Waals surface area contributed by atoms with Crippen molar-refractivity contribution < 1.29 is 38.1 Å². The highest BCUT2D eigenvalue weighted by Gasteiger charge is 2.38. The van der Waals surface area contributed by atoms with Crippen LogP contribution >= 0.6 is 0 Å². The van der Waals surface area contributed by atoms with E-state index in [-0.39, 0.29) is 56.6 Å². The zero-order valence-corrected chi connectivity index (χ0v) is 31.7. The number of benzene rings is 3. The molecule has 0 bridgehead atoms. The third-order valence-corrected chi connectivity index (χ3v) is 14.1. The summed E-state index contributed by atoms with van der Waals surface area (Å²) in [5.41, 5.74) is 1.57. The maximum Gasteiger partial charge on any atom is 0.342 e. The van der Waals surface area contributed by atoms with Gasteiger partial charge in [0.2, 0.25) is 0 Å². The van der Waals surface area contributed by atoms with Crippen LogP contribution in [0.2, 0.25) is 18.1 Å². The van der Waals surface area contributed by atoms with Crippen molar-refractivity contribution in [2.75, 3.05) is 20.8 Å². The van der Waals surface area contributed by atoms with Gasteiger partial charge in [0.25, 0.3) is 0 Å². The van der Waals surface area contributed by atoms with Crippen molar-refractivity contribution in [3.8, 4) is 11.5 Å². The second-order valence-electron chi connectivity index (χ2n) is 15.2. The summed E-state index contributed by atoms with van der Waals surface area (Å²) in [6.07, 6.45) is 2.24. The first-order valence-corrected chi connectivity index (χ1v) is 20.0. The average Bonchev–Trinajstić information content (AvgIpc) is 3.03. The number of aliphatic hydroxyl groups excluding tert-OH is 1. The smallest absolute Gasteiger partial charge is 0.342 e. The molecule has 1 N–H and O–H groups in total. The van der Waals surface area contributed by atoms with Crippen molar-refractivity contribution in [2.45, 2.75) is 103 Å². The van der Waals surface area contributed by atoms with E-state index < -0.39 is 26.0 Å². The van der Waals surface area contributed by atoms with Crippen molar-refractivity contribution >= 4 is 25.9 Å². The van der Waals surface area contributed by atoms with Gasteiger partial charge >= 0.3 is 5.97 Å². The predicted octanol–water partition coefficient (Wildman–Crippen LogP) is 8.64. The summed E-state index contributed by atoms with van der Waals surface area (Å²) in [5.74, 6) is -0.775. The number of esters is 1. The number of fused-ring (bicyclic) bond motifs is 2. The lowest BCUT2D eigenvalue weighted by Crippen LogP contribution is -2.40. The van der Waals surface area contributed by atoms with Crippen LogP contribution in [0.5, 0.6) is 11.5 Å². The van der Waals surface area contributed by atoms with Gasteiger partial charge in [-0.05, 0) is 75.0 Å². The number of aliphatic hydroxyl groups is 1. The fourth-order valence-electron chi connectivity index (χ4n) is 5.97. The number of carbonyl (C=O) groups excluding carboxylic acids is 3. The molecule has 0 fully saturated rings. The first kappa shape index (κ1) is 38.0. The molecule has 1 unspecified atom stereocenters. The molecule has 0 saturated heterocycles. The topological polar surface area (TPSA) is 108 Å². The Hall–Kier alpha value is -3.79. The van der Waals surface area contributed by atoms with Gasteiger partial charge in [-0.25, -0.2) is 4.79 Å². The largest absolute Gasteiger partial charge is 0.496 e. The zero-order valence-electron chi connectivity index (χ0n) is 30.7. The summed E-state index contributed by atoms with van der Waals surface area (Å²) in [4.78, 5) is 41.9. The third kappa shape index (κ3) is 8.33. The Morgan fingerprint density at radius 2 is 1.43 bits per heavy atom. The molecule has 0 amide bonds. The van der Waals surface area contributed by atoms with Gasteiger partial charge in [0.15, 0.2) is 19.9 Å². The van der Waals surface area contributed by atoms with E-state index in [1.165, 1.54) is 20.3 Å². The van der Waals surface area contributed by atoms with Crippen LogP contribution in [0.3, 0.4) is 0 Å². The van der Waals surface area contributed by atoms with Crippen molar-refractivity contribution in [2.24, 2.45) is 0 Å². The molecule has 0 aromatic heterocycles. The lowest BCUT2D eigenvalue weighted by atomic mass is 9.78. The molecule has 1 aliphatic carbocycles. The van der Waals surface area contributed by atoms with E-state index in [0.29, 0.717) is 35.5 Å². The van der Waals surface area contributed by atoms with Crippen molar-refractivity contribution in [3.05, 3.63) is 93.0 Å². The average molecular weight is 689 g/mol. The van der Waals surface area contributed by atoms with Gasteiger partial charge in [0.1, 0.15) is 22.7 Å². The summed E-state index contributed by atoms with van der Waals surface area (Å²) in [6.45, 7) is 17.1. The Labute approximate surface area is 292 Å². The van der Waals surface area contributed by atoms with E-state index in [4.69, 9.17) is 18.6 Å². The van der Waals surface area contributed by atoms with Gasteiger partial charge in [0, 0.05) is 40.8 Å². The minimum atomic E-state index is -1.82. The van der Waals surface area contributed by atoms with E-state index in [0.717, 1.165) is 19.3 Å². The van der Waals surface area contributed by atoms with Crippen LogP contribution < -0.4 is 9.47 Å². The monoisotopic (exact) mass is 688 g/mol. The maximum atomic E-state index is 14.2. The summed E-state index contributed by atoms with van der Waals surface area (Å²) < 4.78 is 23.6. The van der Waals surface area contributed by atoms with E-state index in [9.17, 15) is 19.5 Å². The molecule has 0 heterocycles. The van der Waals surface area contributed by atoms with Gasteiger partial charge < -0.3 is 23.7 Å². The number of hydrogen-bond acceptors (Lipinski definition) is 8. The number of ether oxygens (including phenoxy) is 3. The number of unbranched alkanes of at least 4 members (excludes halogenated alkanes) is 2. The number of hydrogen-bond donors (Lipinski definition) is 1. The fraction of sp³-hybridized carbons (Fsp3) is 0.475. The molecule has 1 atom stereocenters. The molecule has 264 valence electrons. The standard InChI is InChI=1S/C40H52O8Si/c1-39(2,3)48-38(44)35-29(34-30(24-33(35)46-8)36(42)26-17-13-14-18-27(26)37(34)43)23-28-25(19-16-21-32(28)45-7)31(41)20-12-11-15-22-47-49(9,10)40(4,5)6/h13-14,16-19,21,24,31,41H,11-12,15,20,22-23H2,1-10H3. The molecule has 8 nitrogen and oxygen atoms in total. The predicted molar refractivity (Wildman–Crippen MR) is 194 cm³/mol. The summed E-state index contributed by atoms with van der Waals surface area (Å²) in [6, 6.07) is 13.6. The third-order valence-electron chi connectivity index (χ3n) is 9.60. The maximum absolute atomic E-state index is 14.2. The number of methoxy groups -OCH3 is 2. The highest BCUT2D eigenvalue weighted by Crippen LogP contribution is 2.41. The van der Waals surface area contributed by atoms with Gasteiger partial charge in [0.05, 0.1) is 20.3 Å². The van der Waals surface area contributed by atoms with Crippen molar-refractivity contribution in [3.63, 3.8) is 0 Å². The Morgan fingerprint density at radius 1 is 0.796 bits per heavy atom. The molecule has 0 radical (unpaired) electrons. The van der Waals surface area contributed by atoms with E-state index in [1.807, 2.05) is 12.1 Å². The molecule has 3 aromatic carbocycles. The van der Waals surface area contributed by atoms with Gasteiger partial charge in [-0.1, -0.05) is 70.0 Å². The second-order valence-corrected chi connectivity index (χ2v) is 20.0. The van der Waals surface area contributed by atoms with E-state index in [2.05, 4.69) is 33.9 Å². The highest BCUT2D eigenvalue weighted by molar-refractivity contribution is 6.74. The van der Waals surface area contributed by atoms with Crippen LogP contribution in [0.25, 0.3) is 0 Å². The van der Waals surface area contributed by atoms with Crippen LogP contribution in [0.1, 0.15) is 132 Å². The lowest BCUT2D eigenvalue weighted by molar-refractivity contribution is 0.00651. The quantitative estimate of drug-likeness (QED) is 0.0845. The van der Waals surface area contributed by atoms with Gasteiger partial charge in [-0.2, -0.15) is 0 Å². The molecule has 0 saturated carbocycles. The van der Waals surface area contributed by atoms with E-state index in [1.54, 1.807) is 51.1 Å². The summed E-state index contributed by atoms with van der Waals surface area (Å²) >= 11 is 0. The Morgan fingerprint density at radius 3 is 2.02 bits per heavy atom. The first-order valence-electron chi connectivity index (χ1n) is 17.0. The second kappa shape index (κ2) is 15.0. The molecule has 0 aliphatic heterocycles. The molecule has 9 heteroatoms. The molecule has 3 aromatic rings. The lowest BCUT2D eigenvalue weighted by Gasteiger charge is -2.36. The molecule has 0 spiro atoms. The van der Waals surface area contributed by atoms with Crippen LogP contribution in [0.4, 0.5) is 0 Å². The van der Waals surface area contributed by atoms with Gasteiger partial charge in [-0.3, -0.25) is 9.59 Å². The van der Waals surface area contributed by atoms with Crippen molar-refractivity contribution in [1.82, 2.24) is 0 Å². The van der Waals surface area contributed by atoms with Crippen LogP contribution in [0, 0.1) is 0 Å². The minimum Gasteiger partial charge on any atom is -0.496 e. The summed E-state index contributed by atoms with van der Waals surface area (Å²) in [5, 5.41) is 11.7. The minimum absolute atomic E-state index is 0.00601. The summed E-state index contributed by atoms with van der Waals surface area (Å²) in [7, 11) is 1.14. The Bertz CT molecular complexity index is 1710. The van der Waals surface area contributed by atoms with E-state index >= 15 is 0 Å². The first-order chi connectivity index (χ1) is 22.9. The Balaban J connectivity index is 1.74. The molecule has 1 aliphatic rings. The molecule has 4 rings (SSSR count). The number of ketones is 2. The van der Waals surface area contributed by atoms with Gasteiger partial charge in [-0.15, -0.1) is 0 Å². The zero-order chi connectivity index (χ0) is 36.3. The van der Waals surface area contributed by atoms with Crippen LogP contribution in [-0.4, -0.2) is 57.4 Å².